The van der Waals surface area contributed by atoms with Crippen molar-refractivity contribution in [3.63, 3.8) is 0 Å². The highest BCUT2D eigenvalue weighted by molar-refractivity contribution is 6.08. The Labute approximate surface area is 207 Å². The van der Waals surface area contributed by atoms with Crippen molar-refractivity contribution in [3.8, 4) is 23.3 Å². The van der Waals surface area contributed by atoms with E-state index in [0.717, 1.165) is 17.8 Å². The molecule has 0 radical (unpaired) electrons. The van der Waals surface area contributed by atoms with Crippen LogP contribution in [0, 0.1) is 23.0 Å². The number of piperidine rings is 1. The number of ether oxygens (including phenoxy) is 3. The van der Waals surface area contributed by atoms with Crippen LogP contribution >= 0.6 is 0 Å². The van der Waals surface area contributed by atoms with Crippen molar-refractivity contribution in [2.75, 3.05) is 37.5 Å². The quantitative estimate of drug-likeness (QED) is 0.490. The van der Waals surface area contributed by atoms with Crippen LogP contribution < -0.4 is 24.4 Å². The van der Waals surface area contributed by atoms with Crippen LogP contribution in [0.15, 0.2) is 54.6 Å². The lowest BCUT2D eigenvalue weighted by molar-refractivity contribution is 0.102. The molecule has 4 rings (SSSR count). The summed E-state index contributed by atoms with van der Waals surface area (Å²) in [5.41, 5.74) is 1.96. The zero-order valence-corrected chi connectivity index (χ0v) is 19.9. The van der Waals surface area contributed by atoms with Gasteiger partial charge in [0.15, 0.2) is 11.6 Å². The number of nitrogens with zero attached hydrogens (tertiary/aromatic N) is 2. The first-order chi connectivity index (χ1) is 17.4. The normalized spacial score (nSPS) is 13.6. The Morgan fingerprint density at radius 2 is 1.78 bits per heavy atom. The molecule has 3 aromatic rings. The maximum atomic E-state index is 14.0. The highest BCUT2D eigenvalue weighted by Crippen LogP contribution is 2.33. The first-order valence-corrected chi connectivity index (χ1v) is 11.4. The van der Waals surface area contributed by atoms with Crippen molar-refractivity contribution in [2.24, 2.45) is 0 Å². The Hall–Kier alpha value is -4.32. The second-order valence-electron chi connectivity index (χ2n) is 8.24. The fourth-order valence-corrected chi connectivity index (χ4v) is 4.12. The number of nitriles is 1. The van der Waals surface area contributed by atoms with E-state index < -0.39 is 17.5 Å². The number of nitrogens with one attached hydrogen (secondary N) is 1. The standard InChI is InChI=1S/C27H25F2N3O4/c1-34-20-5-6-21(26(15-20)35-2)27(33)31-23-13-17(16-30)3-7-24(23)32-11-9-19(10-12-32)36-25-8-4-18(28)14-22(25)29/h3-8,13-15,19H,9-12H2,1-2H3,(H,31,33). The zero-order chi connectivity index (χ0) is 25.7. The molecule has 1 heterocycles. The van der Waals surface area contributed by atoms with Gasteiger partial charge in [0.1, 0.15) is 23.4 Å². The van der Waals surface area contributed by atoms with Gasteiger partial charge in [0.2, 0.25) is 0 Å². The van der Waals surface area contributed by atoms with Gasteiger partial charge in [-0.3, -0.25) is 4.79 Å². The van der Waals surface area contributed by atoms with E-state index in [0.29, 0.717) is 54.2 Å². The van der Waals surface area contributed by atoms with Gasteiger partial charge < -0.3 is 24.4 Å². The molecule has 1 aliphatic rings. The van der Waals surface area contributed by atoms with Gasteiger partial charge in [0.05, 0.1) is 42.8 Å². The number of amides is 1. The first kappa shape index (κ1) is 24.8. The second kappa shape index (κ2) is 11.0. The Morgan fingerprint density at radius 1 is 1.00 bits per heavy atom. The SMILES string of the molecule is COc1ccc(C(=O)Nc2cc(C#N)ccc2N2CCC(Oc3ccc(F)cc3F)CC2)c(OC)c1. The average Bonchev–Trinajstić information content (AvgIpc) is 2.90. The minimum atomic E-state index is -0.733. The fourth-order valence-electron chi connectivity index (χ4n) is 4.12. The predicted octanol–water partition coefficient (Wildman–Crippen LogP) is 5.15. The summed E-state index contributed by atoms with van der Waals surface area (Å²) in [6.45, 7) is 1.15. The molecule has 9 heteroatoms. The summed E-state index contributed by atoms with van der Waals surface area (Å²) >= 11 is 0. The van der Waals surface area contributed by atoms with Crippen molar-refractivity contribution in [1.82, 2.24) is 0 Å². The van der Waals surface area contributed by atoms with Crippen LogP contribution in [0.2, 0.25) is 0 Å². The number of methoxy groups -OCH3 is 2. The molecular formula is C27H25F2N3O4. The van der Waals surface area contributed by atoms with Gasteiger partial charge in [-0.2, -0.15) is 5.26 Å². The molecule has 186 valence electrons. The van der Waals surface area contributed by atoms with Crippen LogP contribution in [0.5, 0.6) is 17.2 Å². The summed E-state index contributed by atoms with van der Waals surface area (Å²) in [6.07, 6.45) is 0.953. The Morgan fingerprint density at radius 3 is 2.44 bits per heavy atom. The molecule has 0 aliphatic carbocycles. The molecule has 0 aromatic heterocycles. The third-order valence-corrected chi connectivity index (χ3v) is 6.00. The molecule has 0 bridgehead atoms. The molecule has 7 nitrogen and oxygen atoms in total. The number of rotatable bonds is 7. The predicted molar refractivity (Wildman–Crippen MR) is 131 cm³/mol. The largest absolute Gasteiger partial charge is 0.497 e. The Kier molecular flexibility index (Phi) is 7.54. The third kappa shape index (κ3) is 5.49. The number of hydrogen-bond donors (Lipinski definition) is 1. The van der Waals surface area contributed by atoms with E-state index >= 15 is 0 Å². The van der Waals surface area contributed by atoms with Crippen LogP contribution in [0.3, 0.4) is 0 Å². The van der Waals surface area contributed by atoms with Crippen LogP contribution in [0.25, 0.3) is 0 Å². The molecule has 3 aromatic carbocycles. The topological polar surface area (TPSA) is 83.8 Å². The van der Waals surface area contributed by atoms with E-state index in [4.69, 9.17) is 14.2 Å². The fraction of sp³-hybridized carbons (Fsp3) is 0.259. The maximum absolute atomic E-state index is 14.0. The average molecular weight is 494 g/mol. The first-order valence-electron chi connectivity index (χ1n) is 11.4. The van der Waals surface area contributed by atoms with Crippen molar-refractivity contribution >= 4 is 17.3 Å². The summed E-state index contributed by atoms with van der Waals surface area (Å²) in [7, 11) is 3.00. The van der Waals surface area contributed by atoms with Crippen LogP contribution in [-0.2, 0) is 0 Å². The second-order valence-corrected chi connectivity index (χ2v) is 8.24. The minimum Gasteiger partial charge on any atom is -0.497 e. The summed E-state index contributed by atoms with van der Waals surface area (Å²) < 4.78 is 43.4. The summed E-state index contributed by atoms with van der Waals surface area (Å²) in [4.78, 5) is 15.2. The molecule has 1 N–H and O–H groups in total. The monoisotopic (exact) mass is 493 g/mol. The van der Waals surface area contributed by atoms with E-state index in [1.54, 1.807) is 36.4 Å². The molecule has 1 fully saturated rings. The number of carbonyl (C=O) groups excluding carboxylic acids is 1. The Balaban J connectivity index is 1.50. The Bertz CT molecular complexity index is 1300. The van der Waals surface area contributed by atoms with Crippen molar-refractivity contribution in [2.45, 2.75) is 18.9 Å². The van der Waals surface area contributed by atoms with Crippen molar-refractivity contribution in [1.29, 1.82) is 5.26 Å². The highest BCUT2D eigenvalue weighted by atomic mass is 19.1. The lowest BCUT2D eigenvalue weighted by atomic mass is 10.0. The number of halogens is 2. The van der Waals surface area contributed by atoms with Crippen LogP contribution in [0.1, 0.15) is 28.8 Å². The van der Waals surface area contributed by atoms with Crippen molar-refractivity contribution in [3.05, 3.63) is 77.4 Å². The number of anilines is 2. The van der Waals surface area contributed by atoms with Gasteiger partial charge in [-0.1, -0.05) is 0 Å². The highest BCUT2D eigenvalue weighted by Gasteiger charge is 2.24. The molecule has 0 saturated carbocycles. The molecule has 0 unspecified atom stereocenters. The van der Waals surface area contributed by atoms with Gasteiger partial charge >= 0.3 is 0 Å². The zero-order valence-electron chi connectivity index (χ0n) is 19.9. The lowest BCUT2D eigenvalue weighted by Crippen LogP contribution is -2.38. The molecule has 0 atom stereocenters. The molecule has 1 saturated heterocycles. The van der Waals surface area contributed by atoms with Crippen LogP contribution in [0.4, 0.5) is 20.2 Å². The summed E-state index contributed by atoms with van der Waals surface area (Å²) in [5, 5.41) is 12.3. The molecule has 0 spiro atoms. The molecular weight excluding hydrogens is 468 g/mol. The minimum absolute atomic E-state index is 0.0228. The van der Waals surface area contributed by atoms with Gasteiger partial charge in [-0.25, -0.2) is 8.78 Å². The van der Waals surface area contributed by atoms with E-state index in [2.05, 4.69) is 16.3 Å². The maximum Gasteiger partial charge on any atom is 0.259 e. The molecule has 1 aliphatic heterocycles. The lowest BCUT2D eigenvalue weighted by Gasteiger charge is -2.35. The smallest absolute Gasteiger partial charge is 0.259 e. The third-order valence-electron chi connectivity index (χ3n) is 6.00. The van der Waals surface area contributed by atoms with E-state index in [9.17, 15) is 18.8 Å². The van der Waals surface area contributed by atoms with Gasteiger partial charge in [0.25, 0.3) is 5.91 Å². The number of benzene rings is 3. The summed E-state index contributed by atoms with van der Waals surface area (Å²) in [5.74, 6) is -0.844. The molecule has 36 heavy (non-hydrogen) atoms. The molecule has 1 amide bonds. The van der Waals surface area contributed by atoms with Gasteiger partial charge in [0, 0.05) is 38.1 Å². The summed E-state index contributed by atoms with van der Waals surface area (Å²) in [6, 6.07) is 15.4. The van der Waals surface area contributed by atoms with Gasteiger partial charge in [-0.05, 0) is 42.5 Å². The number of carbonyl (C=O) groups is 1. The van der Waals surface area contributed by atoms with Crippen LogP contribution in [-0.4, -0.2) is 39.3 Å². The van der Waals surface area contributed by atoms with E-state index in [1.807, 2.05) is 0 Å². The van der Waals surface area contributed by atoms with Crippen molar-refractivity contribution < 1.29 is 27.8 Å². The van der Waals surface area contributed by atoms with E-state index in [-0.39, 0.29) is 11.9 Å². The number of hydrogen-bond acceptors (Lipinski definition) is 6. The van der Waals surface area contributed by atoms with E-state index in [1.165, 1.54) is 20.3 Å². The van der Waals surface area contributed by atoms with Gasteiger partial charge in [-0.15, -0.1) is 0 Å².